The summed E-state index contributed by atoms with van der Waals surface area (Å²) in [5.74, 6) is 3.12. The second-order valence-corrected chi connectivity index (χ2v) is 7.37. The quantitative estimate of drug-likeness (QED) is 0.800. The van der Waals surface area contributed by atoms with Crippen LogP contribution in [0.15, 0.2) is 12.3 Å². The van der Waals surface area contributed by atoms with Gasteiger partial charge >= 0.3 is 6.01 Å². The Morgan fingerprint density at radius 1 is 1.12 bits per heavy atom. The number of hydrogen-bond donors (Lipinski definition) is 0. The Morgan fingerprint density at radius 3 is 2.52 bits per heavy atom. The van der Waals surface area contributed by atoms with Crippen LogP contribution in [0.4, 0.5) is 0 Å². The fourth-order valence-corrected chi connectivity index (χ4v) is 3.61. The van der Waals surface area contributed by atoms with Crippen molar-refractivity contribution in [3.63, 3.8) is 0 Å². The zero-order valence-electron chi connectivity index (χ0n) is 15.2. The first-order chi connectivity index (χ1) is 12.1. The lowest BCUT2D eigenvalue weighted by molar-refractivity contribution is 0.353. The van der Waals surface area contributed by atoms with Gasteiger partial charge in [-0.1, -0.05) is 13.8 Å². The molecule has 2 fully saturated rings. The van der Waals surface area contributed by atoms with E-state index >= 15 is 0 Å². The Labute approximate surface area is 148 Å². The van der Waals surface area contributed by atoms with Crippen molar-refractivity contribution in [3.05, 3.63) is 23.5 Å². The molecule has 2 heterocycles. The summed E-state index contributed by atoms with van der Waals surface area (Å²) in [7, 11) is 3.13. The Kier molecular flexibility index (Phi) is 4.06. The summed E-state index contributed by atoms with van der Waals surface area (Å²) in [6.07, 6.45) is 5.41. The largest absolute Gasteiger partial charge is 0.480 e. The molecule has 0 unspecified atom stereocenters. The molecule has 0 aromatic carbocycles. The third-order valence-corrected chi connectivity index (χ3v) is 5.30. The molecule has 2 atom stereocenters. The maximum Gasteiger partial charge on any atom is 0.319 e. The van der Waals surface area contributed by atoms with Gasteiger partial charge < -0.3 is 9.47 Å². The van der Waals surface area contributed by atoms with E-state index in [1.165, 1.54) is 37.6 Å². The fraction of sp³-hybridized carbons (Fsp3) is 0.579. The lowest BCUT2D eigenvalue weighted by Gasteiger charge is -2.12. The number of ether oxygens (including phenoxy) is 2. The van der Waals surface area contributed by atoms with E-state index in [1.54, 1.807) is 13.3 Å². The van der Waals surface area contributed by atoms with Crippen LogP contribution in [-0.2, 0) is 0 Å². The van der Waals surface area contributed by atoms with Gasteiger partial charge in [0, 0.05) is 12.1 Å². The number of methoxy groups -OCH3 is 2. The van der Waals surface area contributed by atoms with Gasteiger partial charge in [0.1, 0.15) is 5.69 Å². The van der Waals surface area contributed by atoms with Crippen molar-refractivity contribution < 1.29 is 9.47 Å². The molecule has 0 spiro atoms. The number of aromatic nitrogens is 4. The Balaban J connectivity index is 1.74. The molecule has 2 aromatic heterocycles. The van der Waals surface area contributed by atoms with E-state index in [0.29, 0.717) is 23.6 Å². The molecule has 0 aliphatic heterocycles. The average Bonchev–Trinajstić information content (AvgIpc) is 3.53. The second-order valence-electron chi connectivity index (χ2n) is 7.37. The highest BCUT2D eigenvalue weighted by atomic mass is 16.5. The lowest BCUT2D eigenvalue weighted by Crippen LogP contribution is -2.04. The van der Waals surface area contributed by atoms with E-state index in [4.69, 9.17) is 9.47 Å². The summed E-state index contributed by atoms with van der Waals surface area (Å²) in [6, 6.07) is 2.46. The molecule has 2 aliphatic rings. The molecule has 25 heavy (non-hydrogen) atoms. The first-order valence-electron chi connectivity index (χ1n) is 8.95. The highest BCUT2D eigenvalue weighted by Crippen LogP contribution is 2.55. The topological polar surface area (TPSA) is 70.0 Å². The van der Waals surface area contributed by atoms with Crippen molar-refractivity contribution >= 4 is 0 Å². The zero-order chi connectivity index (χ0) is 17.6. The summed E-state index contributed by atoms with van der Waals surface area (Å²) in [6.45, 7) is 4.61. The van der Waals surface area contributed by atoms with Crippen molar-refractivity contribution in [1.82, 2.24) is 20.2 Å². The van der Waals surface area contributed by atoms with Crippen molar-refractivity contribution in [2.24, 2.45) is 11.8 Å². The van der Waals surface area contributed by atoms with Gasteiger partial charge in [-0.05, 0) is 48.6 Å². The molecule has 0 radical (unpaired) electrons. The van der Waals surface area contributed by atoms with Crippen LogP contribution >= 0.6 is 0 Å². The van der Waals surface area contributed by atoms with E-state index < -0.39 is 0 Å². The van der Waals surface area contributed by atoms with Crippen LogP contribution in [0, 0.1) is 11.8 Å². The highest BCUT2D eigenvalue weighted by molar-refractivity contribution is 5.65. The van der Waals surface area contributed by atoms with Crippen LogP contribution < -0.4 is 9.47 Å². The van der Waals surface area contributed by atoms with Crippen LogP contribution in [0.2, 0.25) is 0 Å². The van der Waals surface area contributed by atoms with Crippen LogP contribution in [0.3, 0.4) is 0 Å². The molecular weight excluding hydrogens is 316 g/mol. The summed E-state index contributed by atoms with van der Waals surface area (Å²) in [4.78, 5) is 8.47. The molecule has 2 aromatic rings. The number of nitrogens with zero attached hydrogens (tertiary/aromatic N) is 4. The molecule has 0 N–H and O–H groups in total. The third kappa shape index (κ3) is 3.05. The van der Waals surface area contributed by atoms with Crippen molar-refractivity contribution in [3.8, 4) is 23.1 Å². The van der Waals surface area contributed by atoms with Crippen molar-refractivity contribution in [2.75, 3.05) is 14.2 Å². The molecular formula is C19H24N4O2. The maximum atomic E-state index is 5.41. The zero-order valence-corrected chi connectivity index (χ0v) is 15.2. The monoisotopic (exact) mass is 340 g/mol. The molecule has 0 saturated heterocycles. The van der Waals surface area contributed by atoms with Crippen molar-refractivity contribution in [2.45, 2.75) is 44.9 Å². The SMILES string of the molecule is COc1ncc(-c2cc([C@H]3C[C@@H]3C(C)C)c(C3CC3)nn2)c(OC)n1. The minimum absolute atomic E-state index is 0.283. The molecule has 2 aliphatic carbocycles. The van der Waals surface area contributed by atoms with Gasteiger partial charge in [0.05, 0.1) is 25.5 Å². The molecule has 6 heteroatoms. The van der Waals surface area contributed by atoms with Gasteiger partial charge in [-0.15, -0.1) is 5.10 Å². The third-order valence-electron chi connectivity index (χ3n) is 5.30. The van der Waals surface area contributed by atoms with E-state index in [9.17, 15) is 0 Å². The molecule has 2 saturated carbocycles. The van der Waals surface area contributed by atoms with Crippen LogP contribution in [0.5, 0.6) is 11.9 Å². The summed E-state index contributed by atoms with van der Waals surface area (Å²) in [5.41, 5.74) is 4.09. The second kappa shape index (κ2) is 6.24. The van der Waals surface area contributed by atoms with E-state index in [2.05, 4.69) is 40.1 Å². The fourth-order valence-electron chi connectivity index (χ4n) is 3.61. The van der Waals surface area contributed by atoms with E-state index in [0.717, 1.165) is 17.2 Å². The lowest BCUT2D eigenvalue weighted by atomic mass is 9.99. The van der Waals surface area contributed by atoms with Gasteiger partial charge in [-0.3, -0.25) is 0 Å². The molecule has 4 rings (SSSR count). The van der Waals surface area contributed by atoms with E-state index in [1.807, 2.05) is 0 Å². The molecule has 0 bridgehead atoms. The minimum Gasteiger partial charge on any atom is -0.480 e. The number of hydrogen-bond acceptors (Lipinski definition) is 6. The van der Waals surface area contributed by atoms with Gasteiger partial charge in [-0.2, -0.15) is 10.1 Å². The average molecular weight is 340 g/mol. The van der Waals surface area contributed by atoms with Gasteiger partial charge in [0.25, 0.3) is 0 Å². The van der Waals surface area contributed by atoms with Crippen molar-refractivity contribution in [1.29, 1.82) is 0 Å². The molecule has 132 valence electrons. The first kappa shape index (κ1) is 16.2. The molecule has 0 amide bonds. The first-order valence-corrected chi connectivity index (χ1v) is 8.95. The van der Waals surface area contributed by atoms with Crippen LogP contribution in [-0.4, -0.2) is 34.4 Å². The summed E-state index contributed by atoms with van der Waals surface area (Å²) in [5, 5.41) is 9.06. The van der Waals surface area contributed by atoms with Crippen LogP contribution in [0.25, 0.3) is 11.3 Å². The number of rotatable bonds is 6. The predicted octanol–water partition coefficient (Wildman–Crippen LogP) is 3.59. The Hall–Kier alpha value is -2.24. The van der Waals surface area contributed by atoms with Gasteiger partial charge in [0.2, 0.25) is 5.88 Å². The maximum absolute atomic E-state index is 5.41. The molecule has 6 nitrogen and oxygen atoms in total. The Bertz CT molecular complexity index is 789. The highest BCUT2D eigenvalue weighted by Gasteiger charge is 2.44. The minimum atomic E-state index is 0.283. The van der Waals surface area contributed by atoms with Gasteiger partial charge in [-0.25, -0.2) is 4.98 Å². The summed E-state index contributed by atoms with van der Waals surface area (Å²) < 4.78 is 10.5. The summed E-state index contributed by atoms with van der Waals surface area (Å²) >= 11 is 0. The standard InChI is InChI=1S/C19H24N4O2/c1-10(2)12-7-13(12)14-8-16(22-23-17(14)11-5-6-11)15-9-20-19(25-4)21-18(15)24-3/h8-13H,5-7H2,1-4H3/t12-,13+/m1/s1. The predicted molar refractivity (Wildman–Crippen MR) is 93.8 cm³/mol. The smallest absolute Gasteiger partial charge is 0.319 e. The van der Waals surface area contributed by atoms with Crippen LogP contribution in [0.1, 0.15) is 56.2 Å². The Morgan fingerprint density at radius 2 is 1.92 bits per heavy atom. The normalized spacial score (nSPS) is 22.1. The van der Waals surface area contributed by atoms with Gasteiger partial charge in [0.15, 0.2) is 0 Å². The van der Waals surface area contributed by atoms with E-state index in [-0.39, 0.29) is 6.01 Å².